The Morgan fingerprint density at radius 1 is 0.800 bits per heavy atom. The van der Waals surface area contributed by atoms with E-state index < -0.39 is 0 Å². The zero-order valence-corrected chi connectivity index (χ0v) is 14.3. The molecule has 1 aliphatic heterocycles. The number of piperazine rings is 1. The Kier molecular flexibility index (Phi) is 4.70. The molecule has 0 N–H and O–H groups in total. The first-order valence-corrected chi connectivity index (χ1v) is 8.76. The average Bonchev–Trinajstić information content (AvgIpc) is 2.70. The highest BCUT2D eigenvalue weighted by atomic mass is 15.3. The second-order valence-corrected chi connectivity index (χ2v) is 6.40. The van der Waals surface area contributed by atoms with Gasteiger partial charge in [-0.05, 0) is 29.3 Å². The number of hydrogen-bond acceptors (Lipinski definition) is 4. The fraction of sp³-hybridized carbons (Fsp3) is 0.238. The lowest BCUT2D eigenvalue weighted by molar-refractivity contribution is 0.249. The molecule has 0 bridgehead atoms. The summed E-state index contributed by atoms with van der Waals surface area (Å²) in [5.41, 5.74) is 3.68. The highest BCUT2D eigenvalue weighted by molar-refractivity contribution is 5.62. The fourth-order valence-corrected chi connectivity index (χ4v) is 3.30. The summed E-state index contributed by atoms with van der Waals surface area (Å²) in [5.74, 6) is 1.08. The Bertz CT molecular complexity index is 796. The number of rotatable bonds is 4. The predicted octanol–water partition coefficient (Wildman–Crippen LogP) is 3.47. The lowest BCUT2D eigenvalue weighted by Crippen LogP contribution is -2.46. The zero-order chi connectivity index (χ0) is 16.9. The molecular weight excluding hydrogens is 308 g/mol. The van der Waals surface area contributed by atoms with Crippen LogP contribution >= 0.6 is 0 Å². The van der Waals surface area contributed by atoms with Gasteiger partial charge in [-0.3, -0.25) is 9.88 Å². The molecule has 2 aromatic heterocycles. The quantitative estimate of drug-likeness (QED) is 0.733. The van der Waals surface area contributed by atoms with Crippen LogP contribution in [0.3, 0.4) is 0 Å². The second-order valence-electron chi connectivity index (χ2n) is 6.40. The van der Waals surface area contributed by atoms with Crippen molar-refractivity contribution in [3.8, 4) is 11.1 Å². The van der Waals surface area contributed by atoms with Crippen LogP contribution in [-0.4, -0.2) is 41.0 Å². The van der Waals surface area contributed by atoms with Gasteiger partial charge in [0.05, 0.1) is 0 Å². The van der Waals surface area contributed by atoms with Crippen LogP contribution in [0.25, 0.3) is 11.1 Å². The molecule has 25 heavy (non-hydrogen) atoms. The van der Waals surface area contributed by atoms with Crippen molar-refractivity contribution in [1.82, 2.24) is 14.9 Å². The van der Waals surface area contributed by atoms with Crippen molar-refractivity contribution >= 4 is 5.82 Å². The molecule has 0 unspecified atom stereocenters. The molecule has 1 aromatic carbocycles. The Hall–Kier alpha value is -2.72. The van der Waals surface area contributed by atoms with Gasteiger partial charge >= 0.3 is 0 Å². The molecule has 4 heteroatoms. The summed E-state index contributed by atoms with van der Waals surface area (Å²) in [4.78, 5) is 13.7. The van der Waals surface area contributed by atoms with Gasteiger partial charge in [0.1, 0.15) is 5.82 Å². The normalized spacial score (nSPS) is 15.3. The van der Waals surface area contributed by atoms with Crippen LogP contribution < -0.4 is 4.90 Å². The molecule has 1 fully saturated rings. The average molecular weight is 330 g/mol. The Morgan fingerprint density at radius 2 is 1.60 bits per heavy atom. The fourth-order valence-electron chi connectivity index (χ4n) is 3.30. The summed E-state index contributed by atoms with van der Waals surface area (Å²) in [6.07, 6.45) is 5.79. The van der Waals surface area contributed by atoms with Crippen LogP contribution in [-0.2, 0) is 6.54 Å². The van der Waals surface area contributed by atoms with Crippen molar-refractivity contribution in [2.45, 2.75) is 6.54 Å². The maximum absolute atomic E-state index is 4.45. The van der Waals surface area contributed by atoms with Crippen molar-refractivity contribution in [2.75, 3.05) is 31.1 Å². The molecule has 0 atom stereocenters. The topological polar surface area (TPSA) is 32.3 Å². The van der Waals surface area contributed by atoms with E-state index in [4.69, 9.17) is 0 Å². The van der Waals surface area contributed by atoms with Gasteiger partial charge in [0.25, 0.3) is 0 Å². The third-order valence-corrected chi connectivity index (χ3v) is 4.65. The molecule has 0 radical (unpaired) electrons. The summed E-state index contributed by atoms with van der Waals surface area (Å²) in [7, 11) is 0. The number of hydrogen-bond donors (Lipinski definition) is 0. The second kappa shape index (κ2) is 7.45. The third-order valence-electron chi connectivity index (χ3n) is 4.65. The van der Waals surface area contributed by atoms with Gasteiger partial charge in [-0.15, -0.1) is 0 Å². The van der Waals surface area contributed by atoms with Crippen LogP contribution in [0.5, 0.6) is 0 Å². The number of aromatic nitrogens is 2. The van der Waals surface area contributed by atoms with Gasteiger partial charge in [-0.2, -0.15) is 0 Å². The highest BCUT2D eigenvalue weighted by Crippen LogP contribution is 2.20. The van der Waals surface area contributed by atoms with Gasteiger partial charge < -0.3 is 4.90 Å². The summed E-state index contributed by atoms with van der Waals surface area (Å²) in [5, 5.41) is 0. The summed E-state index contributed by atoms with van der Waals surface area (Å²) >= 11 is 0. The van der Waals surface area contributed by atoms with Gasteiger partial charge in [0, 0.05) is 56.9 Å². The van der Waals surface area contributed by atoms with Gasteiger partial charge in [-0.1, -0.05) is 36.4 Å². The maximum Gasteiger partial charge on any atom is 0.128 e. The van der Waals surface area contributed by atoms with E-state index in [9.17, 15) is 0 Å². The Balaban J connectivity index is 1.39. The number of pyridine rings is 2. The molecule has 126 valence electrons. The first-order valence-electron chi connectivity index (χ1n) is 8.76. The molecule has 4 rings (SSSR count). The van der Waals surface area contributed by atoms with E-state index >= 15 is 0 Å². The first kappa shape index (κ1) is 15.8. The number of nitrogens with zero attached hydrogens (tertiary/aromatic N) is 4. The first-order chi connectivity index (χ1) is 12.4. The molecule has 3 aromatic rings. The van der Waals surface area contributed by atoms with E-state index in [1.54, 1.807) is 0 Å². The smallest absolute Gasteiger partial charge is 0.128 e. The van der Waals surface area contributed by atoms with Crippen molar-refractivity contribution in [3.63, 3.8) is 0 Å². The number of anilines is 1. The minimum atomic E-state index is 0.948. The monoisotopic (exact) mass is 330 g/mol. The minimum absolute atomic E-state index is 0.948. The molecule has 0 amide bonds. The molecule has 0 aliphatic carbocycles. The van der Waals surface area contributed by atoms with Gasteiger partial charge in [0.2, 0.25) is 0 Å². The largest absolute Gasteiger partial charge is 0.354 e. The van der Waals surface area contributed by atoms with E-state index in [0.717, 1.165) is 38.5 Å². The molecule has 0 saturated carbocycles. The Morgan fingerprint density at radius 3 is 2.36 bits per heavy atom. The van der Waals surface area contributed by atoms with Crippen LogP contribution in [0.1, 0.15) is 5.56 Å². The molecular formula is C21H22N4. The van der Waals surface area contributed by atoms with E-state index in [0.29, 0.717) is 0 Å². The summed E-state index contributed by atoms with van der Waals surface area (Å²) in [6.45, 7) is 5.08. The van der Waals surface area contributed by atoms with E-state index in [2.05, 4.69) is 62.2 Å². The maximum atomic E-state index is 4.45. The molecule has 3 heterocycles. The van der Waals surface area contributed by atoms with Gasteiger partial charge in [0.15, 0.2) is 0 Å². The number of benzene rings is 1. The zero-order valence-electron chi connectivity index (χ0n) is 14.3. The summed E-state index contributed by atoms with van der Waals surface area (Å²) in [6, 6.07) is 18.8. The predicted molar refractivity (Wildman–Crippen MR) is 101 cm³/mol. The Labute approximate surface area is 148 Å². The SMILES string of the molecule is c1ccc(-c2cncc(CN3CCN(c4ccccn4)CC3)c2)cc1. The van der Waals surface area contributed by atoms with E-state index in [1.807, 2.05) is 30.7 Å². The van der Waals surface area contributed by atoms with E-state index in [-0.39, 0.29) is 0 Å². The third kappa shape index (κ3) is 3.86. The lowest BCUT2D eigenvalue weighted by Gasteiger charge is -2.35. The van der Waals surface area contributed by atoms with Gasteiger partial charge in [-0.25, -0.2) is 4.98 Å². The minimum Gasteiger partial charge on any atom is -0.354 e. The van der Waals surface area contributed by atoms with Crippen molar-refractivity contribution < 1.29 is 0 Å². The van der Waals surface area contributed by atoms with Crippen LogP contribution in [0.15, 0.2) is 73.2 Å². The molecule has 0 spiro atoms. The van der Waals surface area contributed by atoms with Crippen molar-refractivity contribution in [1.29, 1.82) is 0 Å². The van der Waals surface area contributed by atoms with Crippen LogP contribution in [0.2, 0.25) is 0 Å². The lowest BCUT2D eigenvalue weighted by atomic mass is 10.1. The molecule has 4 nitrogen and oxygen atoms in total. The summed E-state index contributed by atoms with van der Waals surface area (Å²) < 4.78 is 0. The van der Waals surface area contributed by atoms with Crippen LogP contribution in [0.4, 0.5) is 5.82 Å². The standard InChI is InChI=1S/C21H22N4/c1-2-6-19(7-3-1)20-14-18(15-22-16-20)17-24-10-12-25(13-11-24)21-8-4-5-9-23-21/h1-9,14-16H,10-13,17H2. The van der Waals surface area contributed by atoms with E-state index in [1.165, 1.54) is 16.7 Å². The van der Waals surface area contributed by atoms with Crippen LogP contribution in [0, 0.1) is 0 Å². The van der Waals surface area contributed by atoms with Crippen molar-refractivity contribution in [3.05, 3.63) is 78.8 Å². The van der Waals surface area contributed by atoms with Crippen molar-refractivity contribution in [2.24, 2.45) is 0 Å². The highest BCUT2D eigenvalue weighted by Gasteiger charge is 2.18. The molecule has 1 aliphatic rings. The molecule has 1 saturated heterocycles.